The second-order valence-electron chi connectivity index (χ2n) is 4.44. The number of carbonyl (C=O) groups is 1. The number of methoxy groups -OCH3 is 1. The number of nitrogens with one attached hydrogen (secondary N) is 1. The number of carbonyl (C=O) groups excluding carboxylic acids is 1. The van der Waals surface area contributed by atoms with Gasteiger partial charge >= 0.3 is 0 Å². The van der Waals surface area contributed by atoms with E-state index in [9.17, 15) is 13.6 Å². The summed E-state index contributed by atoms with van der Waals surface area (Å²) in [5.74, 6) is -0.663. The molecule has 1 N–H and O–H groups in total. The van der Waals surface area contributed by atoms with Crippen molar-refractivity contribution in [3.05, 3.63) is 11.9 Å². The lowest BCUT2D eigenvalue weighted by molar-refractivity contribution is 0.0661. The standard InChI is InChI=1S/C11H16F2N4O3/c1-19-10-6-20-5-9(10)17-4-8(15-16-17)11(18)14-7(2-12)3-13/h4,7,9-10H,2-3,5-6H2,1H3,(H,14,18)/t9-,10-/m1/s1. The number of hydrogen-bond acceptors (Lipinski definition) is 5. The van der Waals surface area contributed by atoms with Crippen molar-refractivity contribution < 1.29 is 23.0 Å². The Balaban J connectivity index is 2.03. The summed E-state index contributed by atoms with van der Waals surface area (Å²) in [6.07, 6.45) is 1.24. The van der Waals surface area contributed by atoms with Crippen LogP contribution in [0, 0.1) is 0 Å². The van der Waals surface area contributed by atoms with Crippen molar-refractivity contribution in [1.29, 1.82) is 0 Å². The fourth-order valence-electron chi connectivity index (χ4n) is 1.92. The van der Waals surface area contributed by atoms with E-state index in [2.05, 4.69) is 15.6 Å². The van der Waals surface area contributed by atoms with Gasteiger partial charge in [-0.3, -0.25) is 4.79 Å². The summed E-state index contributed by atoms with van der Waals surface area (Å²) in [7, 11) is 1.56. The molecule has 7 nitrogen and oxygen atoms in total. The Bertz CT molecular complexity index is 453. The van der Waals surface area contributed by atoms with E-state index >= 15 is 0 Å². The summed E-state index contributed by atoms with van der Waals surface area (Å²) in [6, 6.07) is -1.33. The predicted octanol–water partition coefficient (Wildman–Crippen LogP) is -0.0982. The van der Waals surface area contributed by atoms with Gasteiger partial charge in [0.1, 0.15) is 25.5 Å². The highest BCUT2D eigenvalue weighted by Crippen LogP contribution is 2.20. The lowest BCUT2D eigenvalue weighted by atomic mass is 10.2. The minimum atomic E-state index is -1.16. The van der Waals surface area contributed by atoms with E-state index in [4.69, 9.17) is 9.47 Å². The van der Waals surface area contributed by atoms with E-state index in [1.165, 1.54) is 10.9 Å². The fourth-order valence-corrected chi connectivity index (χ4v) is 1.92. The molecule has 9 heteroatoms. The van der Waals surface area contributed by atoms with Gasteiger partial charge in [-0.25, -0.2) is 13.5 Å². The number of amides is 1. The van der Waals surface area contributed by atoms with E-state index in [-0.39, 0.29) is 17.8 Å². The smallest absolute Gasteiger partial charge is 0.273 e. The van der Waals surface area contributed by atoms with Gasteiger partial charge in [0.2, 0.25) is 0 Å². The number of halogens is 2. The molecule has 1 amide bonds. The Morgan fingerprint density at radius 2 is 2.35 bits per heavy atom. The van der Waals surface area contributed by atoms with Crippen LogP contribution in [0.1, 0.15) is 16.5 Å². The maximum absolute atomic E-state index is 12.4. The molecule has 1 aromatic rings. The van der Waals surface area contributed by atoms with Gasteiger partial charge in [-0.2, -0.15) is 0 Å². The topological polar surface area (TPSA) is 78.3 Å². The summed E-state index contributed by atoms with van der Waals surface area (Å²) in [5, 5.41) is 9.73. The highest BCUT2D eigenvalue weighted by atomic mass is 19.1. The maximum atomic E-state index is 12.4. The average molecular weight is 290 g/mol. The van der Waals surface area contributed by atoms with E-state index in [0.717, 1.165) is 0 Å². The zero-order chi connectivity index (χ0) is 14.5. The molecule has 0 aliphatic carbocycles. The van der Waals surface area contributed by atoms with Crippen LogP contribution in [0.15, 0.2) is 6.20 Å². The number of hydrogen-bond donors (Lipinski definition) is 1. The Labute approximate surface area is 114 Å². The molecule has 1 saturated heterocycles. The Morgan fingerprint density at radius 3 is 3.00 bits per heavy atom. The van der Waals surface area contributed by atoms with Gasteiger partial charge in [-0.05, 0) is 0 Å². The number of aromatic nitrogens is 3. The average Bonchev–Trinajstić information content (AvgIpc) is 3.11. The van der Waals surface area contributed by atoms with E-state index in [1.54, 1.807) is 7.11 Å². The van der Waals surface area contributed by atoms with Crippen molar-refractivity contribution in [2.24, 2.45) is 0 Å². The Morgan fingerprint density at radius 1 is 1.60 bits per heavy atom. The second-order valence-corrected chi connectivity index (χ2v) is 4.44. The van der Waals surface area contributed by atoms with Crippen LogP contribution >= 0.6 is 0 Å². The van der Waals surface area contributed by atoms with Gasteiger partial charge in [-0.15, -0.1) is 5.10 Å². The molecule has 2 rings (SSSR count). The molecule has 1 aliphatic heterocycles. The van der Waals surface area contributed by atoms with Crippen molar-refractivity contribution in [3.63, 3.8) is 0 Å². The maximum Gasteiger partial charge on any atom is 0.273 e. The van der Waals surface area contributed by atoms with Crippen molar-refractivity contribution in [3.8, 4) is 0 Å². The van der Waals surface area contributed by atoms with E-state index in [0.29, 0.717) is 13.2 Å². The fraction of sp³-hybridized carbons (Fsp3) is 0.727. The molecule has 2 atom stereocenters. The highest BCUT2D eigenvalue weighted by molar-refractivity contribution is 5.92. The molecule has 112 valence electrons. The molecule has 0 saturated carbocycles. The van der Waals surface area contributed by atoms with Gasteiger partial charge in [0, 0.05) is 7.11 Å². The second kappa shape index (κ2) is 6.71. The predicted molar refractivity (Wildman–Crippen MR) is 63.9 cm³/mol. The third kappa shape index (κ3) is 3.10. The summed E-state index contributed by atoms with van der Waals surface area (Å²) >= 11 is 0. The Kier molecular flexibility index (Phi) is 4.96. The summed E-state index contributed by atoms with van der Waals surface area (Å²) in [4.78, 5) is 11.7. The molecule has 0 spiro atoms. The molecular formula is C11H16F2N4O3. The van der Waals surface area contributed by atoms with Crippen molar-refractivity contribution >= 4 is 5.91 Å². The summed E-state index contributed by atoms with van der Waals surface area (Å²) in [5.41, 5.74) is -0.00125. The molecule has 0 aromatic carbocycles. The van der Waals surface area contributed by atoms with Crippen LogP contribution < -0.4 is 5.32 Å². The third-order valence-corrected chi connectivity index (χ3v) is 3.09. The lowest BCUT2D eigenvalue weighted by Gasteiger charge is -2.15. The van der Waals surface area contributed by atoms with Crippen LogP contribution in [0.4, 0.5) is 8.78 Å². The molecule has 0 radical (unpaired) electrons. The molecule has 0 bridgehead atoms. The van der Waals surface area contributed by atoms with Gasteiger partial charge in [0.25, 0.3) is 5.91 Å². The van der Waals surface area contributed by atoms with Crippen molar-refractivity contribution in [1.82, 2.24) is 20.3 Å². The van der Waals surface area contributed by atoms with Crippen LogP contribution in [0.25, 0.3) is 0 Å². The zero-order valence-electron chi connectivity index (χ0n) is 11.0. The van der Waals surface area contributed by atoms with Crippen molar-refractivity contribution in [2.45, 2.75) is 18.2 Å². The molecule has 20 heavy (non-hydrogen) atoms. The number of ether oxygens (including phenoxy) is 2. The molecule has 2 heterocycles. The highest BCUT2D eigenvalue weighted by Gasteiger charge is 2.31. The Hall–Kier alpha value is -1.61. The molecule has 0 unspecified atom stereocenters. The zero-order valence-corrected chi connectivity index (χ0v) is 11.0. The summed E-state index contributed by atoms with van der Waals surface area (Å²) in [6.45, 7) is -1.11. The first-order valence-corrected chi connectivity index (χ1v) is 6.14. The number of nitrogens with zero attached hydrogens (tertiary/aromatic N) is 3. The third-order valence-electron chi connectivity index (χ3n) is 3.09. The largest absolute Gasteiger partial charge is 0.377 e. The van der Waals surface area contributed by atoms with Gasteiger partial charge in [-0.1, -0.05) is 5.21 Å². The van der Waals surface area contributed by atoms with Crippen LogP contribution in [-0.4, -0.2) is 66.7 Å². The molecular weight excluding hydrogens is 274 g/mol. The van der Waals surface area contributed by atoms with E-state index in [1.807, 2.05) is 0 Å². The first kappa shape index (κ1) is 14.8. The lowest BCUT2D eigenvalue weighted by Crippen LogP contribution is -2.38. The first-order valence-electron chi connectivity index (χ1n) is 6.14. The molecule has 1 aliphatic rings. The monoisotopic (exact) mass is 290 g/mol. The summed E-state index contributed by atoms with van der Waals surface area (Å²) < 4.78 is 36.7. The van der Waals surface area contributed by atoms with Crippen LogP contribution in [0.2, 0.25) is 0 Å². The molecule has 1 aromatic heterocycles. The van der Waals surface area contributed by atoms with E-state index < -0.39 is 25.3 Å². The van der Waals surface area contributed by atoms with Gasteiger partial charge in [0.15, 0.2) is 5.69 Å². The minimum Gasteiger partial charge on any atom is -0.377 e. The SMILES string of the molecule is CO[C@@H]1COC[C@H]1n1cc(C(=O)NC(CF)CF)nn1. The first-order chi connectivity index (χ1) is 9.69. The number of alkyl halides is 2. The van der Waals surface area contributed by atoms with Gasteiger partial charge in [0.05, 0.1) is 25.5 Å². The van der Waals surface area contributed by atoms with Gasteiger partial charge < -0.3 is 14.8 Å². The van der Waals surface area contributed by atoms with Crippen LogP contribution in [-0.2, 0) is 9.47 Å². The van der Waals surface area contributed by atoms with Crippen LogP contribution in [0.3, 0.4) is 0 Å². The van der Waals surface area contributed by atoms with Crippen LogP contribution in [0.5, 0.6) is 0 Å². The quantitative estimate of drug-likeness (QED) is 0.791. The molecule has 1 fully saturated rings. The van der Waals surface area contributed by atoms with Crippen molar-refractivity contribution in [2.75, 3.05) is 33.7 Å². The minimum absolute atomic E-state index is 0.00125. The normalized spacial score (nSPS) is 22.4. The number of rotatable bonds is 6.